The van der Waals surface area contributed by atoms with E-state index in [1.165, 1.54) is 0 Å². The summed E-state index contributed by atoms with van der Waals surface area (Å²) in [6.07, 6.45) is -0.348. The van der Waals surface area contributed by atoms with E-state index in [-0.39, 0.29) is 11.9 Å². The van der Waals surface area contributed by atoms with Crippen LogP contribution < -0.4 is 4.74 Å². The average molecular weight is 263 g/mol. The molecule has 1 aliphatic rings. The van der Waals surface area contributed by atoms with Crippen LogP contribution in [-0.4, -0.2) is 49.6 Å². The normalized spacial score (nSPS) is 20.5. The maximum Gasteiger partial charge on any atom is 0.196 e. The van der Waals surface area contributed by atoms with E-state index in [2.05, 4.69) is 4.90 Å². The van der Waals surface area contributed by atoms with Gasteiger partial charge in [0.05, 0.1) is 18.3 Å². The minimum atomic E-state index is -0.393. The van der Waals surface area contributed by atoms with E-state index in [1.807, 2.05) is 39.1 Å². The Hall–Kier alpha value is -1.39. The van der Waals surface area contributed by atoms with Crippen molar-refractivity contribution in [1.29, 1.82) is 0 Å². The molecule has 0 bridgehead atoms. The van der Waals surface area contributed by atoms with E-state index >= 15 is 0 Å². The molecular formula is C15H21NO3. The summed E-state index contributed by atoms with van der Waals surface area (Å²) >= 11 is 0. The van der Waals surface area contributed by atoms with E-state index in [4.69, 9.17) is 9.47 Å². The molecule has 2 rings (SSSR count). The Morgan fingerprint density at radius 3 is 2.84 bits per heavy atom. The van der Waals surface area contributed by atoms with Gasteiger partial charge in [-0.25, -0.2) is 0 Å². The van der Waals surface area contributed by atoms with Crippen molar-refractivity contribution >= 4 is 5.78 Å². The lowest BCUT2D eigenvalue weighted by Crippen LogP contribution is -2.44. The fourth-order valence-corrected chi connectivity index (χ4v) is 2.14. The van der Waals surface area contributed by atoms with Gasteiger partial charge in [-0.15, -0.1) is 0 Å². The van der Waals surface area contributed by atoms with Gasteiger partial charge in [0.1, 0.15) is 11.9 Å². The van der Waals surface area contributed by atoms with Crippen molar-refractivity contribution in [2.24, 2.45) is 0 Å². The molecule has 1 aliphatic heterocycles. The Bertz CT molecular complexity index is 445. The fourth-order valence-electron chi connectivity index (χ4n) is 2.14. The minimum absolute atomic E-state index is 0.00259. The third-order valence-corrected chi connectivity index (χ3v) is 3.08. The number of morpholine rings is 1. The number of para-hydroxylation sites is 1. The number of rotatable bonds is 4. The monoisotopic (exact) mass is 263 g/mol. The van der Waals surface area contributed by atoms with Gasteiger partial charge in [0, 0.05) is 13.1 Å². The van der Waals surface area contributed by atoms with E-state index in [1.54, 1.807) is 6.07 Å². The molecule has 1 unspecified atom stereocenters. The van der Waals surface area contributed by atoms with Gasteiger partial charge in [-0.1, -0.05) is 12.1 Å². The lowest BCUT2D eigenvalue weighted by Gasteiger charge is -2.29. The first-order valence-electron chi connectivity index (χ1n) is 6.68. The minimum Gasteiger partial charge on any atom is -0.490 e. The first-order chi connectivity index (χ1) is 9.08. The van der Waals surface area contributed by atoms with Gasteiger partial charge >= 0.3 is 0 Å². The molecule has 1 saturated heterocycles. The highest BCUT2D eigenvalue weighted by molar-refractivity contribution is 6.02. The standard InChI is InChI=1S/C15H21NO3/c1-11(2)19-13-7-5-4-6-12(13)15(17)14-10-16(3)8-9-18-14/h4-7,11,14H,8-10H2,1-3H3. The second kappa shape index (κ2) is 6.17. The molecule has 4 heteroatoms. The van der Waals surface area contributed by atoms with Crippen LogP contribution >= 0.6 is 0 Å². The van der Waals surface area contributed by atoms with E-state index in [0.29, 0.717) is 24.5 Å². The Balaban J connectivity index is 2.18. The Kier molecular flexibility index (Phi) is 4.56. The van der Waals surface area contributed by atoms with Crippen molar-refractivity contribution in [3.05, 3.63) is 29.8 Å². The van der Waals surface area contributed by atoms with Crippen LogP contribution in [0.5, 0.6) is 5.75 Å². The van der Waals surface area contributed by atoms with Crippen LogP contribution in [0.4, 0.5) is 0 Å². The molecule has 0 spiro atoms. The highest BCUT2D eigenvalue weighted by Crippen LogP contribution is 2.22. The Labute approximate surface area is 114 Å². The van der Waals surface area contributed by atoms with Crippen LogP contribution in [0, 0.1) is 0 Å². The third-order valence-electron chi connectivity index (χ3n) is 3.08. The van der Waals surface area contributed by atoms with E-state index in [9.17, 15) is 4.79 Å². The molecule has 1 aromatic carbocycles. The van der Waals surface area contributed by atoms with Crippen LogP contribution in [0.15, 0.2) is 24.3 Å². The Morgan fingerprint density at radius 2 is 2.16 bits per heavy atom. The number of hydrogen-bond donors (Lipinski definition) is 0. The largest absolute Gasteiger partial charge is 0.490 e. The van der Waals surface area contributed by atoms with Crippen molar-refractivity contribution in [3.8, 4) is 5.75 Å². The summed E-state index contributed by atoms with van der Waals surface area (Å²) in [6, 6.07) is 7.37. The number of carbonyl (C=O) groups excluding carboxylic acids is 1. The SMILES string of the molecule is CC(C)Oc1ccccc1C(=O)C1CN(C)CCO1. The summed E-state index contributed by atoms with van der Waals surface area (Å²) in [4.78, 5) is 14.6. The van der Waals surface area contributed by atoms with Crippen LogP contribution in [-0.2, 0) is 4.74 Å². The van der Waals surface area contributed by atoms with Crippen LogP contribution in [0.25, 0.3) is 0 Å². The van der Waals surface area contributed by atoms with Gasteiger partial charge in [0.15, 0.2) is 5.78 Å². The maximum absolute atomic E-state index is 12.5. The first kappa shape index (κ1) is 14.0. The highest BCUT2D eigenvalue weighted by atomic mass is 16.5. The summed E-state index contributed by atoms with van der Waals surface area (Å²) < 4.78 is 11.3. The van der Waals surface area contributed by atoms with Crippen molar-refractivity contribution in [3.63, 3.8) is 0 Å². The smallest absolute Gasteiger partial charge is 0.196 e. The van der Waals surface area contributed by atoms with Crippen molar-refractivity contribution in [1.82, 2.24) is 4.90 Å². The molecule has 0 radical (unpaired) electrons. The summed E-state index contributed by atoms with van der Waals surface area (Å²) in [5.41, 5.74) is 0.608. The number of nitrogens with zero attached hydrogens (tertiary/aromatic N) is 1. The molecule has 1 fully saturated rings. The summed E-state index contributed by atoms with van der Waals surface area (Å²) in [5.74, 6) is 0.641. The van der Waals surface area contributed by atoms with Gasteiger partial charge in [0.2, 0.25) is 0 Å². The lowest BCUT2D eigenvalue weighted by molar-refractivity contribution is -0.00882. The number of carbonyl (C=O) groups is 1. The van der Waals surface area contributed by atoms with Crippen LogP contribution in [0.1, 0.15) is 24.2 Å². The number of Topliss-reactive ketones (excluding diaryl/α,β-unsaturated/α-hetero) is 1. The maximum atomic E-state index is 12.5. The third kappa shape index (κ3) is 3.55. The molecule has 0 aliphatic carbocycles. The number of benzene rings is 1. The lowest BCUT2D eigenvalue weighted by atomic mass is 10.0. The zero-order chi connectivity index (χ0) is 13.8. The van der Waals surface area contributed by atoms with Crippen molar-refractivity contribution in [2.75, 3.05) is 26.7 Å². The van der Waals surface area contributed by atoms with Gasteiger partial charge in [0.25, 0.3) is 0 Å². The molecule has 0 N–H and O–H groups in total. The second-order valence-electron chi connectivity index (χ2n) is 5.15. The molecule has 104 valence electrons. The molecule has 0 amide bonds. The van der Waals surface area contributed by atoms with Gasteiger partial charge in [-0.3, -0.25) is 4.79 Å². The van der Waals surface area contributed by atoms with Gasteiger partial charge in [-0.2, -0.15) is 0 Å². The molecule has 1 atom stereocenters. The predicted molar refractivity (Wildman–Crippen MR) is 73.8 cm³/mol. The zero-order valence-electron chi connectivity index (χ0n) is 11.8. The van der Waals surface area contributed by atoms with Gasteiger partial charge in [-0.05, 0) is 33.0 Å². The second-order valence-corrected chi connectivity index (χ2v) is 5.15. The summed E-state index contributed by atoms with van der Waals surface area (Å²) in [5, 5.41) is 0. The number of ketones is 1. The number of hydrogen-bond acceptors (Lipinski definition) is 4. The topological polar surface area (TPSA) is 38.8 Å². The molecule has 0 saturated carbocycles. The van der Waals surface area contributed by atoms with Crippen LogP contribution in [0.3, 0.4) is 0 Å². The Morgan fingerprint density at radius 1 is 1.42 bits per heavy atom. The molecule has 4 nitrogen and oxygen atoms in total. The molecule has 1 aromatic rings. The highest BCUT2D eigenvalue weighted by Gasteiger charge is 2.27. The molecular weight excluding hydrogens is 242 g/mol. The number of ether oxygens (including phenoxy) is 2. The summed E-state index contributed by atoms with van der Waals surface area (Å²) in [6.45, 7) is 6.00. The average Bonchev–Trinajstić information content (AvgIpc) is 2.38. The van der Waals surface area contributed by atoms with Crippen molar-refractivity contribution < 1.29 is 14.3 Å². The zero-order valence-corrected chi connectivity index (χ0v) is 11.8. The molecule has 1 heterocycles. The first-order valence-corrected chi connectivity index (χ1v) is 6.68. The molecule has 0 aromatic heterocycles. The number of likely N-dealkylation sites (N-methyl/N-ethyl adjacent to an activating group) is 1. The van der Waals surface area contributed by atoms with Gasteiger partial charge < -0.3 is 14.4 Å². The fraction of sp³-hybridized carbons (Fsp3) is 0.533. The predicted octanol–water partition coefficient (Wildman–Crippen LogP) is 1.99. The van der Waals surface area contributed by atoms with Crippen molar-refractivity contribution in [2.45, 2.75) is 26.1 Å². The van der Waals surface area contributed by atoms with Crippen LogP contribution in [0.2, 0.25) is 0 Å². The van der Waals surface area contributed by atoms with E-state index in [0.717, 1.165) is 6.54 Å². The molecule has 19 heavy (non-hydrogen) atoms. The van der Waals surface area contributed by atoms with E-state index < -0.39 is 6.10 Å². The summed E-state index contributed by atoms with van der Waals surface area (Å²) in [7, 11) is 2.00. The quantitative estimate of drug-likeness (QED) is 0.779.